The molecule has 0 heterocycles. The molecule has 1 saturated carbocycles. The highest BCUT2D eigenvalue weighted by Crippen LogP contribution is 2.37. The Morgan fingerprint density at radius 1 is 1.20 bits per heavy atom. The molecule has 1 aliphatic rings. The Kier molecular flexibility index (Phi) is 4.92. The van der Waals surface area contributed by atoms with E-state index in [4.69, 9.17) is 9.47 Å². The first-order valence-electron chi connectivity index (χ1n) is 7.63. The van der Waals surface area contributed by atoms with Crippen LogP contribution >= 0.6 is 0 Å². The van der Waals surface area contributed by atoms with Crippen LogP contribution in [0.1, 0.15) is 40.0 Å². The molecule has 0 bridgehead atoms. The van der Waals surface area contributed by atoms with Gasteiger partial charge in [0.25, 0.3) is 0 Å². The van der Waals surface area contributed by atoms with E-state index >= 15 is 0 Å². The molecule has 0 aliphatic heterocycles. The molecule has 0 amide bonds. The van der Waals surface area contributed by atoms with Crippen molar-refractivity contribution < 1.29 is 9.47 Å². The third kappa shape index (κ3) is 3.45. The lowest BCUT2D eigenvalue weighted by Gasteiger charge is -2.43. The van der Waals surface area contributed by atoms with Gasteiger partial charge in [0.15, 0.2) is 0 Å². The molecular weight excluding hydrogens is 250 g/mol. The van der Waals surface area contributed by atoms with Crippen LogP contribution in [0.25, 0.3) is 0 Å². The van der Waals surface area contributed by atoms with E-state index in [-0.39, 0.29) is 11.5 Å². The van der Waals surface area contributed by atoms with Crippen LogP contribution in [0.3, 0.4) is 0 Å². The van der Waals surface area contributed by atoms with Crippen molar-refractivity contribution in [3.05, 3.63) is 24.3 Å². The summed E-state index contributed by atoms with van der Waals surface area (Å²) in [6.07, 6.45) is 3.83. The molecule has 2 rings (SSSR count). The lowest BCUT2D eigenvalue weighted by molar-refractivity contribution is 0.0403. The van der Waals surface area contributed by atoms with Crippen molar-refractivity contribution >= 4 is 0 Å². The molecule has 3 heteroatoms. The highest BCUT2D eigenvalue weighted by Gasteiger charge is 2.39. The van der Waals surface area contributed by atoms with Gasteiger partial charge in [0.1, 0.15) is 17.6 Å². The second kappa shape index (κ2) is 6.49. The zero-order valence-corrected chi connectivity index (χ0v) is 13.1. The molecule has 1 aliphatic carbocycles. The van der Waals surface area contributed by atoms with Crippen LogP contribution < -0.4 is 14.8 Å². The SMILES string of the molecule is CCOc1ccc(OC2CCCC(C)(C)C2NC)cc1. The Balaban J connectivity index is 2.04. The average molecular weight is 277 g/mol. The molecule has 1 aromatic rings. The van der Waals surface area contributed by atoms with E-state index in [1.807, 2.05) is 38.2 Å². The number of ether oxygens (including phenoxy) is 2. The summed E-state index contributed by atoms with van der Waals surface area (Å²) in [4.78, 5) is 0. The monoisotopic (exact) mass is 277 g/mol. The minimum atomic E-state index is 0.238. The molecule has 112 valence electrons. The Morgan fingerprint density at radius 2 is 1.85 bits per heavy atom. The van der Waals surface area contributed by atoms with E-state index in [2.05, 4.69) is 19.2 Å². The van der Waals surface area contributed by atoms with E-state index in [0.717, 1.165) is 17.9 Å². The predicted octanol–water partition coefficient (Wildman–Crippen LogP) is 3.63. The molecule has 1 fully saturated rings. The number of benzene rings is 1. The topological polar surface area (TPSA) is 30.5 Å². The standard InChI is InChI=1S/C17H27NO2/c1-5-19-13-8-10-14(11-9-13)20-15-7-6-12-17(2,3)16(15)18-4/h8-11,15-16,18H,5-7,12H2,1-4H3. The number of rotatable bonds is 5. The molecule has 0 saturated heterocycles. The van der Waals surface area contributed by atoms with Crippen molar-refractivity contribution in [2.24, 2.45) is 5.41 Å². The zero-order valence-electron chi connectivity index (χ0n) is 13.1. The van der Waals surface area contributed by atoms with Crippen LogP contribution in [0, 0.1) is 5.41 Å². The van der Waals surface area contributed by atoms with Crippen molar-refractivity contribution in [3.63, 3.8) is 0 Å². The quantitative estimate of drug-likeness (QED) is 0.891. The Labute approximate surface area is 122 Å². The number of hydrogen-bond acceptors (Lipinski definition) is 3. The third-order valence-corrected chi connectivity index (χ3v) is 4.26. The molecular formula is C17H27NO2. The summed E-state index contributed by atoms with van der Waals surface area (Å²) in [7, 11) is 2.03. The van der Waals surface area contributed by atoms with E-state index in [0.29, 0.717) is 12.6 Å². The fourth-order valence-electron chi connectivity index (χ4n) is 3.24. The summed E-state index contributed by atoms with van der Waals surface area (Å²) in [6.45, 7) is 7.33. The first-order chi connectivity index (χ1) is 9.56. The van der Waals surface area contributed by atoms with Gasteiger partial charge in [0.2, 0.25) is 0 Å². The van der Waals surface area contributed by atoms with Crippen molar-refractivity contribution in [2.75, 3.05) is 13.7 Å². The van der Waals surface area contributed by atoms with Gasteiger partial charge < -0.3 is 14.8 Å². The lowest BCUT2D eigenvalue weighted by atomic mass is 9.72. The second-order valence-electron chi connectivity index (χ2n) is 6.21. The van der Waals surface area contributed by atoms with Gasteiger partial charge in [-0.25, -0.2) is 0 Å². The summed E-state index contributed by atoms with van der Waals surface area (Å²) in [6, 6.07) is 8.34. The van der Waals surface area contributed by atoms with Crippen molar-refractivity contribution in [1.82, 2.24) is 5.32 Å². The Bertz CT molecular complexity index is 414. The van der Waals surface area contributed by atoms with Gasteiger partial charge in [0.05, 0.1) is 6.61 Å². The summed E-state index contributed by atoms with van der Waals surface area (Å²) in [5.74, 6) is 1.82. The smallest absolute Gasteiger partial charge is 0.120 e. The van der Waals surface area contributed by atoms with Crippen LogP contribution in [0.2, 0.25) is 0 Å². The molecule has 1 aromatic carbocycles. The normalized spacial score (nSPS) is 25.2. The van der Waals surface area contributed by atoms with Crippen molar-refractivity contribution in [2.45, 2.75) is 52.2 Å². The van der Waals surface area contributed by atoms with Crippen molar-refractivity contribution in [1.29, 1.82) is 0 Å². The zero-order chi connectivity index (χ0) is 14.6. The lowest BCUT2D eigenvalue weighted by Crippen LogP contribution is -2.53. The van der Waals surface area contributed by atoms with E-state index in [9.17, 15) is 0 Å². The van der Waals surface area contributed by atoms with Crippen LogP contribution in [0.5, 0.6) is 11.5 Å². The summed E-state index contributed by atoms with van der Waals surface area (Å²) < 4.78 is 11.7. The van der Waals surface area contributed by atoms with E-state index < -0.39 is 0 Å². The molecule has 20 heavy (non-hydrogen) atoms. The summed E-state index contributed by atoms with van der Waals surface area (Å²) in [5.41, 5.74) is 0.281. The maximum atomic E-state index is 6.21. The van der Waals surface area contributed by atoms with Gasteiger partial charge >= 0.3 is 0 Å². The predicted molar refractivity (Wildman–Crippen MR) is 82.5 cm³/mol. The molecule has 2 atom stereocenters. The summed E-state index contributed by atoms with van der Waals surface area (Å²) >= 11 is 0. The van der Waals surface area contributed by atoms with Gasteiger partial charge in [-0.15, -0.1) is 0 Å². The van der Waals surface area contributed by atoms with E-state index in [1.54, 1.807) is 0 Å². The fraction of sp³-hybridized carbons (Fsp3) is 0.647. The first kappa shape index (κ1) is 15.2. The molecule has 0 spiro atoms. The van der Waals surface area contributed by atoms with Gasteiger partial charge in [0, 0.05) is 6.04 Å². The maximum Gasteiger partial charge on any atom is 0.120 e. The fourth-order valence-corrected chi connectivity index (χ4v) is 3.24. The minimum Gasteiger partial charge on any atom is -0.494 e. The van der Waals surface area contributed by atoms with Gasteiger partial charge in [-0.1, -0.05) is 13.8 Å². The van der Waals surface area contributed by atoms with Crippen LogP contribution in [-0.2, 0) is 0 Å². The minimum absolute atomic E-state index is 0.238. The molecule has 0 aromatic heterocycles. The maximum absolute atomic E-state index is 6.21. The highest BCUT2D eigenvalue weighted by atomic mass is 16.5. The van der Waals surface area contributed by atoms with Crippen LogP contribution in [0.4, 0.5) is 0 Å². The Morgan fingerprint density at radius 3 is 2.45 bits per heavy atom. The number of hydrogen-bond donors (Lipinski definition) is 1. The molecule has 1 N–H and O–H groups in total. The second-order valence-corrected chi connectivity index (χ2v) is 6.21. The van der Waals surface area contributed by atoms with Crippen LogP contribution in [-0.4, -0.2) is 25.8 Å². The van der Waals surface area contributed by atoms with Crippen LogP contribution in [0.15, 0.2) is 24.3 Å². The first-order valence-corrected chi connectivity index (χ1v) is 7.63. The highest BCUT2D eigenvalue weighted by molar-refractivity contribution is 5.31. The molecule has 3 nitrogen and oxygen atoms in total. The third-order valence-electron chi connectivity index (χ3n) is 4.26. The number of nitrogens with one attached hydrogen (secondary N) is 1. The number of likely N-dealkylation sites (N-methyl/N-ethyl adjacent to an activating group) is 1. The van der Waals surface area contributed by atoms with Gasteiger partial charge in [-0.3, -0.25) is 0 Å². The van der Waals surface area contributed by atoms with E-state index in [1.165, 1.54) is 12.8 Å². The molecule has 0 radical (unpaired) electrons. The average Bonchev–Trinajstić information content (AvgIpc) is 2.41. The molecule has 2 unspecified atom stereocenters. The Hall–Kier alpha value is -1.22. The van der Waals surface area contributed by atoms with Gasteiger partial charge in [-0.05, 0) is 62.9 Å². The van der Waals surface area contributed by atoms with Gasteiger partial charge in [-0.2, -0.15) is 0 Å². The largest absolute Gasteiger partial charge is 0.494 e. The van der Waals surface area contributed by atoms with Crippen molar-refractivity contribution in [3.8, 4) is 11.5 Å². The summed E-state index contributed by atoms with van der Waals surface area (Å²) in [5, 5.41) is 3.45.